The standard InChI is InChI=1S/C17H19N3O4/c1-2-19-14(10-21)18-20-9-8-13(22)16(15(20)17(19)23)24-11-12-6-4-3-5-7-12/h3-9,14,18,21H,2,10-11H2,1H3. The fraction of sp³-hybridized carbons (Fsp3) is 0.294. The van der Waals surface area contributed by atoms with Gasteiger partial charge in [-0.3, -0.25) is 14.3 Å². The molecule has 1 unspecified atom stereocenters. The van der Waals surface area contributed by atoms with Gasteiger partial charge in [-0.25, -0.2) is 0 Å². The minimum absolute atomic E-state index is 0.00805. The number of benzene rings is 1. The quantitative estimate of drug-likeness (QED) is 0.846. The molecule has 0 saturated carbocycles. The average molecular weight is 329 g/mol. The predicted octanol–water partition coefficient (Wildman–Crippen LogP) is 0.765. The fourth-order valence-electron chi connectivity index (χ4n) is 2.71. The minimum atomic E-state index is -0.542. The molecule has 1 aromatic heterocycles. The second-order valence-electron chi connectivity index (χ2n) is 5.42. The van der Waals surface area contributed by atoms with E-state index < -0.39 is 6.17 Å². The van der Waals surface area contributed by atoms with Crippen molar-refractivity contribution in [3.8, 4) is 5.75 Å². The third kappa shape index (κ3) is 2.85. The maximum atomic E-state index is 12.7. The molecule has 24 heavy (non-hydrogen) atoms. The lowest BCUT2D eigenvalue weighted by molar-refractivity contribution is 0.0561. The molecule has 1 aromatic carbocycles. The third-order valence-corrected chi connectivity index (χ3v) is 3.92. The molecule has 0 fully saturated rings. The number of aliphatic hydroxyl groups is 1. The van der Waals surface area contributed by atoms with Gasteiger partial charge < -0.3 is 20.2 Å². The second-order valence-corrected chi connectivity index (χ2v) is 5.42. The van der Waals surface area contributed by atoms with E-state index in [0.717, 1.165) is 5.56 Å². The molecule has 7 nitrogen and oxygen atoms in total. The van der Waals surface area contributed by atoms with Crippen molar-refractivity contribution in [1.29, 1.82) is 0 Å². The number of pyridine rings is 1. The van der Waals surface area contributed by atoms with Gasteiger partial charge in [0.15, 0.2) is 11.4 Å². The summed E-state index contributed by atoms with van der Waals surface area (Å²) in [5, 5.41) is 9.45. The SMILES string of the molecule is CCN1C(=O)c2c(OCc3ccccc3)c(=O)ccn2NC1CO. The Hall–Kier alpha value is -2.80. The summed E-state index contributed by atoms with van der Waals surface area (Å²) in [5.74, 6) is -0.343. The van der Waals surface area contributed by atoms with Crippen LogP contribution in [-0.2, 0) is 6.61 Å². The zero-order valence-electron chi connectivity index (χ0n) is 13.3. The molecular weight excluding hydrogens is 310 g/mol. The Morgan fingerprint density at radius 1 is 1.21 bits per heavy atom. The molecule has 1 aliphatic rings. The van der Waals surface area contributed by atoms with Crippen LogP contribution in [0.3, 0.4) is 0 Å². The number of amides is 1. The first-order valence-corrected chi connectivity index (χ1v) is 7.76. The van der Waals surface area contributed by atoms with Gasteiger partial charge in [-0.05, 0) is 12.5 Å². The van der Waals surface area contributed by atoms with Crippen molar-refractivity contribution in [2.45, 2.75) is 19.7 Å². The van der Waals surface area contributed by atoms with Gasteiger partial charge >= 0.3 is 0 Å². The number of nitrogens with zero attached hydrogens (tertiary/aromatic N) is 2. The van der Waals surface area contributed by atoms with Gasteiger partial charge in [-0.15, -0.1) is 0 Å². The van der Waals surface area contributed by atoms with Crippen LogP contribution in [0.15, 0.2) is 47.4 Å². The molecule has 1 atom stereocenters. The summed E-state index contributed by atoms with van der Waals surface area (Å²) in [6, 6.07) is 10.7. The summed E-state index contributed by atoms with van der Waals surface area (Å²) in [6.45, 7) is 2.17. The van der Waals surface area contributed by atoms with E-state index in [-0.39, 0.29) is 36.0 Å². The Bertz CT molecular complexity index is 788. The second kappa shape index (κ2) is 6.76. The topological polar surface area (TPSA) is 83.8 Å². The monoisotopic (exact) mass is 329 g/mol. The summed E-state index contributed by atoms with van der Waals surface area (Å²) in [4.78, 5) is 26.4. The van der Waals surface area contributed by atoms with Gasteiger partial charge in [0.1, 0.15) is 12.8 Å². The van der Waals surface area contributed by atoms with Crippen LogP contribution < -0.4 is 15.6 Å². The van der Waals surface area contributed by atoms with E-state index >= 15 is 0 Å². The lowest BCUT2D eigenvalue weighted by atomic mass is 10.2. The molecule has 0 saturated heterocycles. The first-order chi connectivity index (χ1) is 11.7. The van der Waals surface area contributed by atoms with E-state index in [1.807, 2.05) is 37.3 Å². The number of rotatable bonds is 5. The van der Waals surface area contributed by atoms with Crippen LogP contribution in [0.4, 0.5) is 0 Å². The van der Waals surface area contributed by atoms with E-state index in [4.69, 9.17) is 4.74 Å². The zero-order chi connectivity index (χ0) is 17.1. The number of nitrogens with one attached hydrogen (secondary N) is 1. The highest BCUT2D eigenvalue weighted by Crippen LogP contribution is 2.21. The third-order valence-electron chi connectivity index (χ3n) is 3.92. The maximum absolute atomic E-state index is 12.7. The lowest BCUT2D eigenvalue weighted by Crippen LogP contribution is -2.55. The van der Waals surface area contributed by atoms with Crippen molar-refractivity contribution < 1.29 is 14.6 Å². The van der Waals surface area contributed by atoms with Crippen LogP contribution in [0.25, 0.3) is 0 Å². The van der Waals surface area contributed by atoms with E-state index in [2.05, 4.69) is 5.43 Å². The Morgan fingerprint density at radius 2 is 1.96 bits per heavy atom. The van der Waals surface area contributed by atoms with Crippen molar-refractivity contribution in [3.05, 3.63) is 64.1 Å². The molecule has 1 amide bonds. The average Bonchev–Trinajstić information content (AvgIpc) is 2.61. The summed E-state index contributed by atoms with van der Waals surface area (Å²) >= 11 is 0. The predicted molar refractivity (Wildman–Crippen MR) is 88.4 cm³/mol. The minimum Gasteiger partial charge on any atom is -0.482 e. The molecule has 0 aliphatic carbocycles. The van der Waals surface area contributed by atoms with Crippen molar-refractivity contribution in [2.75, 3.05) is 18.6 Å². The van der Waals surface area contributed by atoms with Crippen LogP contribution in [0.2, 0.25) is 0 Å². The number of fused-ring (bicyclic) bond motifs is 1. The van der Waals surface area contributed by atoms with Crippen molar-refractivity contribution in [2.24, 2.45) is 0 Å². The van der Waals surface area contributed by atoms with E-state index in [9.17, 15) is 14.7 Å². The molecular formula is C17H19N3O4. The highest BCUT2D eigenvalue weighted by molar-refractivity contribution is 5.96. The summed E-state index contributed by atoms with van der Waals surface area (Å²) in [5.41, 5.74) is 3.68. The van der Waals surface area contributed by atoms with Crippen LogP contribution in [0, 0.1) is 0 Å². The van der Waals surface area contributed by atoms with Gasteiger partial charge in [0.2, 0.25) is 5.43 Å². The highest BCUT2D eigenvalue weighted by atomic mass is 16.5. The lowest BCUT2D eigenvalue weighted by Gasteiger charge is -2.37. The van der Waals surface area contributed by atoms with Crippen LogP contribution in [0.5, 0.6) is 5.75 Å². The first-order valence-electron chi connectivity index (χ1n) is 7.76. The normalized spacial score (nSPS) is 16.5. The zero-order valence-corrected chi connectivity index (χ0v) is 13.3. The summed E-state index contributed by atoms with van der Waals surface area (Å²) in [7, 11) is 0. The number of aliphatic hydroxyl groups excluding tert-OH is 1. The van der Waals surface area contributed by atoms with E-state index in [1.54, 1.807) is 0 Å². The van der Waals surface area contributed by atoms with E-state index in [0.29, 0.717) is 6.54 Å². The number of carbonyl (C=O) groups is 1. The van der Waals surface area contributed by atoms with Gasteiger partial charge in [-0.1, -0.05) is 30.3 Å². The summed E-state index contributed by atoms with van der Waals surface area (Å²) in [6.07, 6.45) is 0.931. The van der Waals surface area contributed by atoms with Crippen molar-refractivity contribution in [1.82, 2.24) is 9.58 Å². The summed E-state index contributed by atoms with van der Waals surface area (Å²) < 4.78 is 7.11. The van der Waals surface area contributed by atoms with Crippen LogP contribution in [-0.4, -0.2) is 39.9 Å². The van der Waals surface area contributed by atoms with Crippen LogP contribution in [0.1, 0.15) is 23.0 Å². The Balaban J connectivity index is 1.96. The number of hydrogen-bond acceptors (Lipinski definition) is 5. The van der Waals surface area contributed by atoms with Gasteiger partial charge in [-0.2, -0.15) is 0 Å². The molecule has 7 heteroatoms. The number of aromatic nitrogens is 1. The number of carbonyl (C=O) groups excluding carboxylic acids is 1. The number of ether oxygens (including phenoxy) is 1. The van der Waals surface area contributed by atoms with Gasteiger partial charge in [0.05, 0.1) is 6.61 Å². The molecule has 0 radical (unpaired) electrons. The fourth-order valence-corrected chi connectivity index (χ4v) is 2.71. The molecule has 2 N–H and O–H groups in total. The largest absolute Gasteiger partial charge is 0.482 e. The molecule has 2 aromatic rings. The van der Waals surface area contributed by atoms with Gasteiger partial charge in [0, 0.05) is 18.8 Å². The Morgan fingerprint density at radius 3 is 2.62 bits per heavy atom. The molecule has 1 aliphatic heterocycles. The molecule has 0 bridgehead atoms. The maximum Gasteiger partial charge on any atom is 0.278 e. The van der Waals surface area contributed by atoms with Crippen LogP contribution >= 0.6 is 0 Å². The Labute approximate surface area is 139 Å². The number of likely N-dealkylation sites (N-methyl/N-ethyl adjacent to an activating group) is 1. The van der Waals surface area contributed by atoms with E-state index in [1.165, 1.54) is 21.8 Å². The first kappa shape index (κ1) is 16.1. The van der Waals surface area contributed by atoms with Crippen molar-refractivity contribution in [3.63, 3.8) is 0 Å². The molecule has 126 valence electrons. The molecule has 2 heterocycles. The molecule has 0 spiro atoms. The molecule has 3 rings (SSSR count). The Kier molecular flexibility index (Phi) is 4.52. The number of hydrogen-bond donors (Lipinski definition) is 2. The smallest absolute Gasteiger partial charge is 0.278 e. The van der Waals surface area contributed by atoms with Gasteiger partial charge in [0.25, 0.3) is 5.91 Å². The van der Waals surface area contributed by atoms with Crippen molar-refractivity contribution >= 4 is 5.91 Å². The highest BCUT2D eigenvalue weighted by Gasteiger charge is 2.33.